The number of rotatable bonds is 3. The highest BCUT2D eigenvalue weighted by atomic mass is 35.5. The Morgan fingerprint density at radius 3 is 2.39 bits per heavy atom. The summed E-state index contributed by atoms with van der Waals surface area (Å²) < 4.78 is 4.67. The molecule has 2 nitrogen and oxygen atoms in total. The summed E-state index contributed by atoms with van der Waals surface area (Å²) in [4.78, 5) is 11.3. The van der Waals surface area contributed by atoms with Gasteiger partial charge in [0.2, 0.25) is 0 Å². The monoisotopic (exact) mass is 260 g/mol. The standard InChI is InChI=1S/C15H13ClO2/c1-18-15(17)12-8-6-11(7-9-12)14-5-3-2-4-13(14)10-16/h2-9H,10H2,1H3. The van der Waals surface area contributed by atoms with E-state index in [0.29, 0.717) is 11.4 Å². The van der Waals surface area contributed by atoms with E-state index in [9.17, 15) is 4.79 Å². The molecule has 0 unspecified atom stereocenters. The van der Waals surface area contributed by atoms with Crippen LogP contribution < -0.4 is 0 Å². The number of ether oxygens (including phenoxy) is 1. The first-order valence-electron chi connectivity index (χ1n) is 5.59. The van der Waals surface area contributed by atoms with Crippen molar-refractivity contribution in [2.75, 3.05) is 7.11 Å². The number of benzene rings is 2. The number of hydrogen-bond acceptors (Lipinski definition) is 2. The van der Waals surface area contributed by atoms with Gasteiger partial charge in [-0.05, 0) is 28.8 Å². The summed E-state index contributed by atoms with van der Waals surface area (Å²) in [6.45, 7) is 0. The lowest BCUT2D eigenvalue weighted by atomic mass is 9.99. The van der Waals surface area contributed by atoms with E-state index in [-0.39, 0.29) is 5.97 Å². The lowest BCUT2D eigenvalue weighted by Crippen LogP contribution is -2.00. The number of alkyl halides is 1. The first kappa shape index (κ1) is 12.7. The molecule has 0 bridgehead atoms. The Bertz CT molecular complexity index is 547. The molecule has 0 radical (unpaired) electrons. The lowest BCUT2D eigenvalue weighted by Gasteiger charge is -2.07. The smallest absolute Gasteiger partial charge is 0.337 e. The van der Waals surface area contributed by atoms with E-state index in [1.807, 2.05) is 36.4 Å². The number of halogens is 1. The Balaban J connectivity index is 2.37. The molecule has 0 atom stereocenters. The minimum absolute atomic E-state index is 0.327. The third-order valence-corrected chi connectivity index (χ3v) is 3.07. The number of carbonyl (C=O) groups excluding carboxylic acids is 1. The van der Waals surface area contributed by atoms with Crippen LogP contribution in [-0.4, -0.2) is 13.1 Å². The minimum Gasteiger partial charge on any atom is -0.465 e. The van der Waals surface area contributed by atoms with Gasteiger partial charge >= 0.3 is 5.97 Å². The average Bonchev–Trinajstić information content (AvgIpc) is 2.46. The van der Waals surface area contributed by atoms with Crippen molar-refractivity contribution in [1.29, 1.82) is 0 Å². The van der Waals surface area contributed by atoms with E-state index in [2.05, 4.69) is 4.74 Å². The van der Waals surface area contributed by atoms with Gasteiger partial charge in [0.1, 0.15) is 0 Å². The number of esters is 1. The van der Waals surface area contributed by atoms with Crippen LogP contribution >= 0.6 is 11.6 Å². The van der Waals surface area contributed by atoms with E-state index in [4.69, 9.17) is 11.6 Å². The van der Waals surface area contributed by atoms with Crippen molar-refractivity contribution in [2.24, 2.45) is 0 Å². The Morgan fingerprint density at radius 2 is 1.78 bits per heavy atom. The molecule has 0 aliphatic carbocycles. The third-order valence-electron chi connectivity index (χ3n) is 2.78. The molecular weight excluding hydrogens is 248 g/mol. The number of hydrogen-bond donors (Lipinski definition) is 0. The predicted octanol–water partition coefficient (Wildman–Crippen LogP) is 3.88. The molecule has 0 N–H and O–H groups in total. The average molecular weight is 261 g/mol. The summed E-state index contributed by atoms with van der Waals surface area (Å²) in [7, 11) is 1.37. The fraction of sp³-hybridized carbons (Fsp3) is 0.133. The van der Waals surface area contributed by atoms with Crippen LogP contribution in [0.5, 0.6) is 0 Å². The van der Waals surface area contributed by atoms with Crippen LogP contribution in [0, 0.1) is 0 Å². The van der Waals surface area contributed by atoms with Crippen molar-refractivity contribution < 1.29 is 9.53 Å². The van der Waals surface area contributed by atoms with E-state index < -0.39 is 0 Å². The molecule has 0 saturated carbocycles. The van der Waals surface area contributed by atoms with E-state index in [0.717, 1.165) is 16.7 Å². The molecule has 92 valence electrons. The zero-order valence-electron chi connectivity index (χ0n) is 10.0. The first-order chi connectivity index (χ1) is 8.76. The topological polar surface area (TPSA) is 26.3 Å². The molecule has 0 heterocycles. The van der Waals surface area contributed by atoms with Gasteiger partial charge in [-0.3, -0.25) is 0 Å². The molecule has 0 spiro atoms. The zero-order valence-corrected chi connectivity index (χ0v) is 10.8. The molecule has 0 aromatic heterocycles. The Morgan fingerprint density at radius 1 is 1.11 bits per heavy atom. The molecule has 2 aromatic carbocycles. The molecule has 0 aliphatic rings. The summed E-state index contributed by atoms with van der Waals surface area (Å²) in [5, 5.41) is 0. The normalized spacial score (nSPS) is 10.1. The quantitative estimate of drug-likeness (QED) is 0.618. The van der Waals surface area contributed by atoms with E-state index in [1.165, 1.54) is 7.11 Å². The van der Waals surface area contributed by atoms with Gasteiger partial charge < -0.3 is 4.74 Å². The maximum atomic E-state index is 11.3. The molecule has 2 aromatic rings. The number of carbonyl (C=O) groups is 1. The van der Waals surface area contributed by atoms with Gasteiger partial charge in [-0.25, -0.2) is 4.79 Å². The lowest BCUT2D eigenvalue weighted by molar-refractivity contribution is 0.0601. The second-order valence-corrected chi connectivity index (χ2v) is 4.13. The zero-order chi connectivity index (χ0) is 13.0. The second kappa shape index (κ2) is 5.69. The van der Waals surface area contributed by atoms with Crippen molar-refractivity contribution >= 4 is 17.6 Å². The Kier molecular flexibility index (Phi) is 4.00. The molecule has 18 heavy (non-hydrogen) atoms. The van der Waals surface area contributed by atoms with Crippen LogP contribution in [0.2, 0.25) is 0 Å². The summed E-state index contributed by atoms with van der Waals surface area (Å²) in [6.07, 6.45) is 0. The third kappa shape index (κ3) is 2.54. The van der Waals surface area contributed by atoms with Crippen LogP contribution in [0.3, 0.4) is 0 Å². The molecule has 0 fully saturated rings. The highest BCUT2D eigenvalue weighted by molar-refractivity contribution is 6.17. The summed E-state index contributed by atoms with van der Waals surface area (Å²) in [6, 6.07) is 15.3. The summed E-state index contributed by atoms with van der Waals surface area (Å²) in [5.74, 6) is 0.141. The highest BCUT2D eigenvalue weighted by Crippen LogP contribution is 2.25. The summed E-state index contributed by atoms with van der Waals surface area (Å²) in [5.41, 5.74) is 3.75. The van der Waals surface area contributed by atoms with Crippen molar-refractivity contribution in [2.45, 2.75) is 5.88 Å². The molecule has 3 heteroatoms. The fourth-order valence-electron chi connectivity index (χ4n) is 1.82. The van der Waals surface area contributed by atoms with Gasteiger partial charge in [0.25, 0.3) is 0 Å². The summed E-state index contributed by atoms with van der Waals surface area (Å²) >= 11 is 5.91. The van der Waals surface area contributed by atoms with E-state index >= 15 is 0 Å². The van der Waals surface area contributed by atoms with Crippen molar-refractivity contribution in [3.05, 3.63) is 59.7 Å². The van der Waals surface area contributed by atoms with Crippen LogP contribution in [0.25, 0.3) is 11.1 Å². The van der Waals surface area contributed by atoms with Gasteiger partial charge in [-0.15, -0.1) is 11.6 Å². The van der Waals surface area contributed by atoms with Crippen LogP contribution in [0.1, 0.15) is 15.9 Å². The second-order valence-electron chi connectivity index (χ2n) is 3.86. The Hall–Kier alpha value is -1.80. The van der Waals surface area contributed by atoms with Crippen LogP contribution in [-0.2, 0) is 10.6 Å². The van der Waals surface area contributed by atoms with Crippen LogP contribution in [0.15, 0.2) is 48.5 Å². The van der Waals surface area contributed by atoms with Gasteiger partial charge in [-0.2, -0.15) is 0 Å². The largest absolute Gasteiger partial charge is 0.465 e. The fourth-order valence-corrected chi connectivity index (χ4v) is 2.06. The van der Waals surface area contributed by atoms with Gasteiger partial charge in [0.15, 0.2) is 0 Å². The molecule has 0 amide bonds. The van der Waals surface area contributed by atoms with Crippen LogP contribution in [0.4, 0.5) is 0 Å². The van der Waals surface area contributed by atoms with Crippen molar-refractivity contribution in [1.82, 2.24) is 0 Å². The number of methoxy groups -OCH3 is 1. The highest BCUT2D eigenvalue weighted by Gasteiger charge is 2.07. The Labute approximate surface area is 111 Å². The predicted molar refractivity (Wildman–Crippen MR) is 72.8 cm³/mol. The molecular formula is C15H13ClO2. The van der Waals surface area contributed by atoms with Crippen molar-refractivity contribution in [3.8, 4) is 11.1 Å². The maximum absolute atomic E-state index is 11.3. The molecule has 0 aliphatic heterocycles. The van der Waals surface area contributed by atoms with Gasteiger partial charge in [0.05, 0.1) is 12.7 Å². The van der Waals surface area contributed by atoms with Gasteiger partial charge in [-0.1, -0.05) is 36.4 Å². The first-order valence-corrected chi connectivity index (χ1v) is 6.12. The molecule has 0 saturated heterocycles. The maximum Gasteiger partial charge on any atom is 0.337 e. The van der Waals surface area contributed by atoms with E-state index in [1.54, 1.807) is 12.1 Å². The molecule has 2 rings (SSSR count). The van der Waals surface area contributed by atoms with Gasteiger partial charge in [0, 0.05) is 5.88 Å². The SMILES string of the molecule is COC(=O)c1ccc(-c2ccccc2CCl)cc1. The van der Waals surface area contributed by atoms with Crippen molar-refractivity contribution in [3.63, 3.8) is 0 Å². The minimum atomic E-state index is -0.327.